The van der Waals surface area contributed by atoms with Crippen LogP contribution in [0.2, 0.25) is 0 Å². The molecule has 15 heavy (non-hydrogen) atoms. The molecule has 1 heterocycles. The number of thiophene rings is 1. The maximum absolute atomic E-state index is 5.81. The van der Waals surface area contributed by atoms with Gasteiger partial charge in [-0.15, -0.1) is 11.3 Å². The van der Waals surface area contributed by atoms with Gasteiger partial charge in [0.05, 0.1) is 5.25 Å². The van der Waals surface area contributed by atoms with Crippen LogP contribution in [0.1, 0.15) is 41.2 Å². The molecule has 0 aliphatic carbocycles. The van der Waals surface area contributed by atoms with E-state index in [9.17, 15) is 0 Å². The molecule has 0 bridgehead atoms. The summed E-state index contributed by atoms with van der Waals surface area (Å²) in [6, 6.07) is 4.42. The molecular weight excluding hydrogens is 222 g/mol. The second kappa shape index (κ2) is 7.31. The van der Waals surface area contributed by atoms with Crippen molar-refractivity contribution in [3.05, 3.63) is 21.9 Å². The maximum atomic E-state index is 5.81. The van der Waals surface area contributed by atoms with Gasteiger partial charge in [0.25, 0.3) is 0 Å². The molecular formula is C12H21NS2. The zero-order valence-corrected chi connectivity index (χ0v) is 11.3. The van der Waals surface area contributed by atoms with Crippen molar-refractivity contribution in [2.24, 2.45) is 5.73 Å². The first-order chi connectivity index (χ1) is 7.27. The molecule has 0 aliphatic heterocycles. The summed E-state index contributed by atoms with van der Waals surface area (Å²) in [7, 11) is 0. The van der Waals surface area contributed by atoms with Crippen molar-refractivity contribution >= 4 is 23.1 Å². The van der Waals surface area contributed by atoms with Gasteiger partial charge in [-0.2, -0.15) is 11.8 Å². The summed E-state index contributed by atoms with van der Waals surface area (Å²) >= 11 is 3.90. The van der Waals surface area contributed by atoms with Gasteiger partial charge in [-0.3, -0.25) is 0 Å². The average molecular weight is 243 g/mol. The first-order valence-electron chi connectivity index (χ1n) is 5.66. The van der Waals surface area contributed by atoms with Gasteiger partial charge in [-0.25, -0.2) is 0 Å². The summed E-state index contributed by atoms with van der Waals surface area (Å²) in [5.74, 6) is 1.24. The first-order valence-corrected chi connectivity index (χ1v) is 7.52. The lowest BCUT2D eigenvalue weighted by molar-refractivity contribution is 0.776. The van der Waals surface area contributed by atoms with Crippen molar-refractivity contribution in [3.63, 3.8) is 0 Å². The van der Waals surface area contributed by atoms with Crippen LogP contribution in [0.4, 0.5) is 0 Å². The Labute approximate surface area is 101 Å². The van der Waals surface area contributed by atoms with E-state index in [-0.39, 0.29) is 0 Å². The van der Waals surface area contributed by atoms with E-state index in [0.29, 0.717) is 5.25 Å². The van der Waals surface area contributed by atoms with Crippen LogP contribution in [0.15, 0.2) is 12.1 Å². The zero-order chi connectivity index (χ0) is 11.1. The fraction of sp³-hybridized carbons (Fsp3) is 0.667. The Morgan fingerprint density at radius 2 is 2.20 bits per heavy atom. The highest BCUT2D eigenvalue weighted by Gasteiger charge is 2.11. The van der Waals surface area contributed by atoms with E-state index >= 15 is 0 Å². The predicted molar refractivity (Wildman–Crippen MR) is 72.8 cm³/mol. The molecule has 0 aliphatic rings. The van der Waals surface area contributed by atoms with Gasteiger partial charge >= 0.3 is 0 Å². The minimum Gasteiger partial charge on any atom is -0.329 e. The van der Waals surface area contributed by atoms with Crippen molar-refractivity contribution in [1.82, 2.24) is 0 Å². The third-order valence-corrected chi connectivity index (χ3v) is 5.00. The summed E-state index contributed by atoms with van der Waals surface area (Å²) < 4.78 is 0. The van der Waals surface area contributed by atoms with Crippen LogP contribution in [-0.2, 0) is 0 Å². The van der Waals surface area contributed by atoms with Gasteiger partial charge in [0.15, 0.2) is 0 Å². The van der Waals surface area contributed by atoms with E-state index in [1.165, 1.54) is 34.8 Å². The van der Waals surface area contributed by atoms with Crippen LogP contribution in [0.3, 0.4) is 0 Å². The van der Waals surface area contributed by atoms with Crippen LogP contribution < -0.4 is 5.73 Å². The number of unbranched alkanes of at least 4 members (excludes halogenated alkanes) is 2. The molecule has 1 nitrogen and oxygen atoms in total. The van der Waals surface area contributed by atoms with Gasteiger partial charge in [0.1, 0.15) is 0 Å². The summed E-state index contributed by atoms with van der Waals surface area (Å²) in [5.41, 5.74) is 5.81. The summed E-state index contributed by atoms with van der Waals surface area (Å²) in [5, 5.41) is 0.514. The Bertz CT molecular complexity index is 270. The molecule has 86 valence electrons. The molecule has 0 fully saturated rings. The van der Waals surface area contributed by atoms with Gasteiger partial charge < -0.3 is 5.73 Å². The summed E-state index contributed by atoms with van der Waals surface area (Å²) in [6.45, 7) is 5.16. The van der Waals surface area contributed by atoms with Gasteiger partial charge in [0, 0.05) is 16.3 Å². The normalized spacial score (nSPS) is 13.0. The van der Waals surface area contributed by atoms with Crippen molar-refractivity contribution in [2.75, 3.05) is 12.3 Å². The number of hydrogen-bond acceptors (Lipinski definition) is 3. The summed E-state index contributed by atoms with van der Waals surface area (Å²) in [4.78, 5) is 2.83. The van der Waals surface area contributed by atoms with Crippen LogP contribution in [0, 0.1) is 6.92 Å². The number of nitrogens with two attached hydrogens (primary N) is 1. The van der Waals surface area contributed by atoms with Gasteiger partial charge in [-0.05, 0) is 31.2 Å². The highest BCUT2D eigenvalue weighted by Crippen LogP contribution is 2.33. The van der Waals surface area contributed by atoms with Crippen molar-refractivity contribution < 1.29 is 0 Å². The molecule has 1 aromatic rings. The quantitative estimate of drug-likeness (QED) is 0.733. The summed E-state index contributed by atoms with van der Waals surface area (Å²) in [6.07, 6.45) is 3.96. The second-order valence-electron chi connectivity index (χ2n) is 3.75. The molecule has 1 aromatic heterocycles. The highest BCUT2D eigenvalue weighted by atomic mass is 32.2. The smallest absolute Gasteiger partial charge is 0.0513 e. The standard InChI is InChI=1S/C12H21NS2/c1-3-4-5-8-14-12(9-13)11-7-6-10(2)15-11/h6-7,12H,3-5,8-9,13H2,1-2H3. The number of thioether (sulfide) groups is 1. The topological polar surface area (TPSA) is 26.0 Å². The molecule has 3 heteroatoms. The fourth-order valence-corrected chi connectivity index (χ4v) is 3.72. The third kappa shape index (κ3) is 4.58. The molecule has 0 saturated heterocycles. The van der Waals surface area contributed by atoms with Crippen molar-refractivity contribution in [2.45, 2.75) is 38.4 Å². The van der Waals surface area contributed by atoms with Gasteiger partial charge in [-0.1, -0.05) is 19.8 Å². The Kier molecular flexibility index (Phi) is 6.37. The first kappa shape index (κ1) is 13.1. The third-order valence-electron chi connectivity index (χ3n) is 2.36. The SMILES string of the molecule is CCCCCSC(CN)c1ccc(C)s1. The lowest BCUT2D eigenvalue weighted by atomic mass is 10.3. The number of aryl methyl sites for hydroxylation is 1. The average Bonchev–Trinajstić information content (AvgIpc) is 2.65. The largest absolute Gasteiger partial charge is 0.329 e. The minimum atomic E-state index is 0.514. The predicted octanol–water partition coefficient (Wildman–Crippen LogP) is 3.98. The number of rotatable bonds is 7. The lowest BCUT2D eigenvalue weighted by Crippen LogP contribution is -2.08. The Balaban J connectivity index is 2.35. The molecule has 1 atom stereocenters. The molecule has 2 N–H and O–H groups in total. The van der Waals surface area contributed by atoms with Crippen LogP contribution in [0.5, 0.6) is 0 Å². The van der Waals surface area contributed by atoms with Crippen molar-refractivity contribution in [1.29, 1.82) is 0 Å². The molecule has 0 radical (unpaired) electrons. The van der Waals surface area contributed by atoms with E-state index < -0.39 is 0 Å². The van der Waals surface area contributed by atoms with Crippen LogP contribution in [-0.4, -0.2) is 12.3 Å². The highest BCUT2D eigenvalue weighted by molar-refractivity contribution is 7.99. The fourth-order valence-electron chi connectivity index (χ4n) is 1.47. The molecule has 0 aromatic carbocycles. The molecule has 0 amide bonds. The van der Waals surface area contributed by atoms with Crippen LogP contribution in [0.25, 0.3) is 0 Å². The number of hydrogen-bond donors (Lipinski definition) is 1. The van der Waals surface area contributed by atoms with E-state index in [0.717, 1.165) is 6.54 Å². The molecule has 1 rings (SSSR count). The van der Waals surface area contributed by atoms with E-state index in [2.05, 4.69) is 26.0 Å². The van der Waals surface area contributed by atoms with Crippen molar-refractivity contribution in [3.8, 4) is 0 Å². The Hall–Kier alpha value is 0.01000. The monoisotopic (exact) mass is 243 g/mol. The molecule has 0 saturated carbocycles. The molecule has 1 unspecified atom stereocenters. The van der Waals surface area contributed by atoms with E-state index in [1.807, 2.05) is 23.1 Å². The molecule has 0 spiro atoms. The zero-order valence-electron chi connectivity index (χ0n) is 9.66. The van der Waals surface area contributed by atoms with Crippen LogP contribution >= 0.6 is 23.1 Å². The second-order valence-corrected chi connectivity index (χ2v) is 6.38. The maximum Gasteiger partial charge on any atom is 0.0513 e. The Morgan fingerprint density at radius 1 is 1.40 bits per heavy atom. The lowest BCUT2D eigenvalue weighted by Gasteiger charge is -2.12. The van der Waals surface area contributed by atoms with Gasteiger partial charge in [0.2, 0.25) is 0 Å². The van der Waals surface area contributed by atoms with E-state index in [4.69, 9.17) is 5.73 Å². The minimum absolute atomic E-state index is 0.514. The Morgan fingerprint density at radius 3 is 2.73 bits per heavy atom. The van der Waals surface area contributed by atoms with E-state index in [1.54, 1.807) is 0 Å².